The summed E-state index contributed by atoms with van der Waals surface area (Å²) in [6, 6.07) is 11.5. The zero-order valence-electron chi connectivity index (χ0n) is 43.0. The van der Waals surface area contributed by atoms with Crippen molar-refractivity contribution in [3.05, 3.63) is 69.3 Å². The maximum absolute atomic E-state index is 3.48. The standard InChI is InChI=1S/C49H94GeSSi6/c1-34(2)38-28-40(35(3)4)44(41(29-38)36(5)6)50(33-37(7)32-49(8,9)51-50)45-42(47(54(16,17)18)55(19,20)21)30-39(46(52(10,11)12)53(13,14)15)31-43(45)48(56(22,23)24)57(25,26)27/h28-32,34-36,46-48H,33H2,1-27H3. The van der Waals surface area contributed by atoms with Gasteiger partial charge in [-0.25, -0.2) is 0 Å². The van der Waals surface area contributed by atoms with Crippen LogP contribution in [0.25, 0.3) is 0 Å². The molecule has 0 nitrogen and oxygen atoms in total. The fraction of sp³-hybridized carbons (Fsp3) is 0.714. The van der Waals surface area contributed by atoms with Crippen molar-refractivity contribution in [1.29, 1.82) is 0 Å². The Morgan fingerprint density at radius 1 is 0.456 bits per heavy atom. The van der Waals surface area contributed by atoms with E-state index < -0.39 is 60.6 Å². The van der Waals surface area contributed by atoms with E-state index in [4.69, 9.17) is 0 Å². The third-order valence-corrected chi connectivity index (χ3v) is 58.2. The van der Waals surface area contributed by atoms with Gasteiger partial charge in [-0.3, -0.25) is 0 Å². The second kappa shape index (κ2) is 17.2. The monoisotopic (exact) mass is 956 g/mol. The topological polar surface area (TPSA) is 0 Å². The van der Waals surface area contributed by atoms with Gasteiger partial charge in [0.1, 0.15) is 0 Å². The summed E-state index contributed by atoms with van der Waals surface area (Å²) in [7, 11) is -7.54. The van der Waals surface area contributed by atoms with E-state index in [-0.39, 0.29) is 4.75 Å². The molecule has 0 saturated heterocycles. The van der Waals surface area contributed by atoms with Gasteiger partial charge in [0, 0.05) is 0 Å². The van der Waals surface area contributed by atoms with Crippen LogP contribution in [0.1, 0.15) is 129 Å². The summed E-state index contributed by atoms with van der Waals surface area (Å²) in [5.41, 5.74) is 12.2. The number of hydrogen-bond donors (Lipinski definition) is 0. The molecule has 0 amide bonds. The molecule has 2 aromatic carbocycles. The molecular weight excluding hydrogens is 862 g/mol. The van der Waals surface area contributed by atoms with Crippen LogP contribution in [0.5, 0.6) is 0 Å². The Hall–Kier alpha value is 0.374. The zero-order chi connectivity index (χ0) is 44.6. The van der Waals surface area contributed by atoms with Gasteiger partial charge in [0.2, 0.25) is 0 Å². The van der Waals surface area contributed by atoms with E-state index in [1.54, 1.807) is 27.8 Å². The molecule has 2 aromatic rings. The molecule has 0 radical (unpaired) electrons. The van der Waals surface area contributed by atoms with Crippen LogP contribution in [-0.2, 0) is 0 Å². The Balaban J connectivity index is 3.10. The van der Waals surface area contributed by atoms with E-state index in [2.05, 4.69) is 221 Å². The van der Waals surface area contributed by atoms with Gasteiger partial charge < -0.3 is 0 Å². The molecule has 0 aromatic heterocycles. The first kappa shape index (κ1) is 51.7. The molecule has 0 aliphatic carbocycles. The second-order valence-corrected chi connectivity index (χ2v) is 72.9. The van der Waals surface area contributed by atoms with E-state index in [0.717, 1.165) is 5.16 Å². The van der Waals surface area contributed by atoms with Crippen LogP contribution in [0.3, 0.4) is 0 Å². The Bertz CT molecular complexity index is 1660. The van der Waals surface area contributed by atoms with Gasteiger partial charge in [-0.1, -0.05) is 0 Å². The molecule has 1 aliphatic rings. The van der Waals surface area contributed by atoms with E-state index in [0.29, 0.717) is 28.1 Å². The molecular formula is C49H94GeSSi6. The number of allylic oxidation sites excluding steroid dienone is 1. The van der Waals surface area contributed by atoms with Gasteiger partial charge in [0.15, 0.2) is 0 Å². The summed E-state index contributed by atoms with van der Waals surface area (Å²) >= 11 is -3.48. The van der Waals surface area contributed by atoms with Gasteiger partial charge in [-0.15, -0.1) is 0 Å². The Morgan fingerprint density at radius 2 is 0.754 bits per heavy atom. The van der Waals surface area contributed by atoms with E-state index in [9.17, 15) is 0 Å². The van der Waals surface area contributed by atoms with E-state index in [1.807, 2.05) is 19.9 Å². The summed E-state index contributed by atoms with van der Waals surface area (Å²) in [5.74, 6) is 1.49. The molecule has 0 N–H and O–H groups in total. The van der Waals surface area contributed by atoms with Gasteiger partial charge >= 0.3 is 372 Å². The Morgan fingerprint density at radius 3 is 1.02 bits per heavy atom. The summed E-state index contributed by atoms with van der Waals surface area (Å²) < 4.78 is 3.96. The minimum atomic E-state index is -3.48. The van der Waals surface area contributed by atoms with E-state index >= 15 is 0 Å². The van der Waals surface area contributed by atoms with Crippen molar-refractivity contribution in [1.82, 2.24) is 0 Å². The normalized spacial score (nSPS) is 19.2. The van der Waals surface area contributed by atoms with Crippen molar-refractivity contribution in [2.75, 3.05) is 0 Å². The molecule has 1 unspecified atom stereocenters. The minimum absolute atomic E-state index is 0.0790. The van der Waals surface area contributed by atoms with Crippen molar-refractivity contribution in [2.24, 2.45) is 0 Å². The number of rotatable bonds is 14. The molecule has 1 atom stereocenters. The van der Waals surface area contributed by atoms with Crippen LogP contribution in [0.2, 0.25) is 123 Å². The average molecular weight is 956 g/mol. The summed E-state index contributed by atoms with van der Waals surface area (Å²) in [6.07, 6.45) is 2.69. The third kappa shape index (κ3) is 11.5. The van der Waals surface area contributed by atoms with Gasteiger partial charge in [-0.2, -0.15) is 0 Å². The molecule has 8 heteroatoms. The molecule has 1 aliphatic heterocycles. The first-order chi connectivity index (χ1) is 25.2. The quantitative estimate of drug-likeness (QED) is 0.134. The number of benzene rings is 2. The molecule has 3 rings (SSSR count). The summed E-state index contributed by atoms with van der Waals surface area (Å²) in [6.45, 7) is 72.0. The van der Waals surface area contributed by atoms with Gasteiger partial charge in [0.25, 0.3) is 0 Å². The SMILES string of the molecule is CC1=CC(C)(C)[S][Ge]([c]2c(C(C)C)cc(C(C)C)cc2C(C)C)([c]2c(C([Si](C)(C)C)[Si](C)(C)C)cc(C([Si](C)(C)C)[Si](C)(C)C)cc2C([Si](C)(C)C)[Si](C)(C)C)[CH2]1. The van der Waals surface area contributed by atoms with Crippen LogP contribution < -0.4 is 8.79 Å². The van der Waals surface area contributed by atoms with Crippen molar-refractivity contribution in [2.45, 2.75) is 223 Å². The van der Waals surface area contributed by atoms with E-state index in [1.165, 1.54) is 5.25 Å². The van der Waals surface area contributed by atoms with Crippen molar-refractivity contribution in [3.63, 3.8) is 0 Å². The Kier molecular flexibility index (Phi) is 15.6. The predicted molar refractivity (Wildman–Crippen MR) is 289 cm³/mol. The maximum atomic E-state index is 3.02. The van der Waals surface area contributed by atoms with Crippen molar-refractivity contribution in [3.8, 4) is 0 Å². The van der Waals surface area contributed by atoms with Crippen LogP contribution in [0.15, 0.2) is 35.9 Å². The fourth-order valence-electron chi connectivity index (χ4n) is 12.9. The van der Waals surface area contributed by atoms with Crippen LogP contribution >= 0.6 is 10.1 Å². The average Bonchev–Trinajstić information content (AvgIpc) is 2.90. The fourth-order valence-corrected chi connectivity index (χ4v) is 74.6. The first-order valence-electron chi connectivity index (χ1n) is 22.9. The molecule has 0 fully saturated rings. The third-order valence-electron chi connectivity index (χ3n) is 12.9. The number of hydrogen-bond acceptors (Lipinski definition) is 1. The zero-order valence-corrected chi connectivity index (χ0v) is 51.9. The van der Waals surface area contributed by atoms with Crippen LogP contribution in [0.4, 0.5) is 0 Å². The summed E-state index contributed by atoms with van der Waals surface area (Å²) in [5, 5.41) is 3.41. The van der Waals surface area contributed by atoms with Crippen LogP contribution in [0, 0.1) is 0 Å². The van der Waals surface area contributed by atoms with Crippen LogP contribution in [-0.4, -0.2) is 65.3 Å². The Labute approximate surface area is 369 Å². The molecule has 324 valence electrons. The van der Waals surface area contributed by atoms with Gasteiger partial charge in [0.05, 0.1) is 0 Å². The molecule has 57 heavy (non-hydrogen) atoms. The molecule has 0 saturated carbocycles. The van der Waals surface area contributed by atoms with Gasteiger partial charge in [-0.05, 0) is 0 Å². The molecule has 0 bridgehead atoms. The summed E-state index contributed by atoms with van der Waals surface area (Å²) in [4.78, 5) is 0. The molecule has 1 heterocycles. The second-order valence-electron chi connectivity index (χ2n) is 26.8. The van der Waals surface area contributed by atoms with Crippen molar-refractivity contribution < 1.29 is 0 Å². The molecule has 0 spiro atoms. The predicted octanol–water partition coefficient (Wildman–Crippen LogP) is 16.1. The van der Waals surface area contributed by atoms with Crippen molar-refractivity contribution >= 4 is 79.4 Å². The first-order valence-corrected chi connectivity index (χ1v) is 51.4.